The second-order valence-corrected chi connectivity index (χ2v) is 3.79. The SMILES string of the molecule is CC(=O)c1cc2n(c(=O)c1C)CCC2. The van der Waals surface area contributed by atoms with Gasteiger partial charge in [-0.05, 0) is 32.8 Å². The van der Waals surface area contributed by atoms with Crippen molar-refractivity contribution in [2.75, 3.05) is 0 Å². The Labute approximate surface area is 82.4 Å². The number of aromatic nitrogens is 1. The Morgan fingerprint density at radius 3 is 2.86 bits per heavy atom. The third-order valence-corrected chi connectivity index (χ3v) is 2.82. The third kappa shape index (κ3) is 1.20. The maximum atomic E-state index is 11.8. The summed E-state index contributed by atoms with van der Waals surface area (Å²) in [6.07, 6.45) is 1.92. The molecule has 0 saturated heterocycles. The average Bonchev–Trinajstić information content (AvgIpc) is 2.58. The molecule has 0 bridgehead atoms. The van der Waals surface area contributed by atoms with Gasteiger partial charge in [0.05, 0.1) is 0 Å². The second-order valence-electron chi connectivity index (χ2n) is 3.79. The van der Waals surface area contributed by atoms with Gasteiger partial charge in [-0.1, -0.05) is 0 Å². The first-order chi connectivity index (χ1) is 6.61. The van der Waals surface area contributed by atoms with E-state index >= 15 is 0 Å². The fraction of sp³-hybridized carbons (Fsp3) is 0.455. The summed E-state index contributed by atoms with van der Waals surface area (Å²) in [7, 11) is 0. The summed E-state index contributed by atoms with van der Waals surface area (Å²) < 4.78 is 1.78. The smallest absolute Gasteiger partial charge is 0.254 e. The van der Waals surface area contributed by atoms with Crippen LogP contribution in [0.4, 0.5) is 0 Å². The number of carbonyl (C=O) groups is 1. The molecular formula is C11H13NO2. The normalized spacial score (nSPS) is 14.1. The molecular weight excluding hydrogens is 178 g/mol. The van der Waals surface area contributed by atoms with Crippen molar-refractivity contribution >= 4 is 5.78 Å². The van der Waals surface area contributed by atoms with Gasteiger partial charge in [-0.2, -0.15) is 0 Å². The number of nitrogens with zero attached hydrogens (tertiary/aromatic N) is 1. The van der Waals surface area contributed by atoms with Crippen LogP contribution in [0.3, 0.4) is 0 Å². The maximum absolute atomic E-state index is 11.8. The number of Topliss-reactive ketones (excluding diaryl/α,β-unsaturated/α-hetero) is 1. The number of fused-ring (bicyclic) bond motifs is 1. The molecule has 0 fully saturated rings. The van der Waals surface area contributed by atoms with E-state index < -0.39 is 0 Å². The molecule has 2 rings (SSSR count). The lowest BCUT2D eigenvalue weighted by Crippen LogP contribution is -2.24. The van der Waals surface area contributed by atoms with Gasteiger partial charge in [-0.25, -0.2) is 0 Å². The van der Waals surface area contributed by atoms with E-state index in [1.165, 1.54) is 6.92 Å². The van der Waals surface area contributed by atoms with E-state index in [4.69, 9.17) is 0 Å². The van der Waals surface area contributed by atoms with Crippen LogP contribution in [-0.2, 0) is 13.0 Å². The first-order valence-electron chi connectivity index (χ1n) is 4.85. The molecule has 3 nitrogen and oxygen atoms in total. The molecule has 1 aliphatic heterocycles. The molecule has 0 N–H and O–H groups in total. The summed E-state index contributed by atoms with van der Waals surface area (Å²) in [4.78, 5) is 23.1. The number of aryl methyl sites for hydroxylation is 1. The van der Waals surface area contributed by atoms with Crippen LogP contribution in [0.5, 0.6) is 0 Å². The molecule has 1 aromatic rings. The fourth-order valence-electron chi connectivity index (χ4n) is 2.04. The zero-order valence-corrected chi connectivity index (χ0v) is 8.46. The Balaban J connectivity index is 2.73. The van der Waals surface area contributed by atoms with Gasteiger partial charge in [0.15, 0.2) is 5.78 Å². The van der Waals surface area contributed by atoms with Gasteiger partial charge in [0.25, 0.3) is 5.56 Å². The topological polar surface area (TPSA) is 39.1 Å². The average molecular weight is 191 g/mol. The van der Waals surface area contributed by atoms with Crippen molar-refractivity contribution in [1.82, 2.24) is 4.57 Å². The molecule has 74 valence electrons. The fourth-order valence-corrected chi connectivity index (χ4v) is 2.04. The first kappa shape index (κ1) is 9.19. The van der Waals surface area contributed by atoms with E-state index in [1.807, 2.05) is 6.07 Å². The van der Waals surface area contributed by atoms with Crippen LogP contribution in [0.1, 0.15) is 35.0 Å². The lowest BCUT2D eigenvalue weighted by Gasteiger charge is -2.07. The number of hydrogen-bond acceptors (Lipinski definition) is 2. The summed E-state index contributed by atoms with van der Waals surface area (Å²) in [5.41, 5.74) is 2.18. The first-order valence-corrected chi connectivity index (χ1v) is 4.85. The van der Waals surface area contributed by atoms with Crippen molar-refractivity contribution in [2.45, 2.75) is 33.2 Å². The summed E-state index contributed by atoms with van der Waals surface area (Å²) in [5.74, 6) is -0.0186. The predicted molar refractivity (Wildman–Crippen MR) is 53.8 cm³/mol. The van der Waals surface area contributed by atoms with Crippen LogP contribution in [-0.4, -0.2) is 10.4 Å². The zero-order chi connectivity index (χ0) is 10.3. The quantitative estimate of drug-likeness (QED) is 0.628. The number of carbonyl (C=O) groups excluding carboxylic acids is 1. The highest BCUT2D eigenvalue weighted by Crippen LogP contribution is 2.15. The molecule has 14 heavy (non-hydrogen) atoms. The molecule has 0 aliphatic carbocycles. The van der Waals surface area contributed by atoms with Crippen LogP contribution in [0.15, 0.2) is 10.9 Å². The molecule has 0 spiro atoms. The van der Waals surface area contributed by atoms with Crippen molar-refractivity contribution < 1.29 is 4.79 Å². The Morgan fingerprint density at radius 1 is 1.50 bits per heavy atom. The molecule has 0 saturated carbocycles. The highest BCUT2D eigenvalue weighted by Gasteiger charge is 2.17. The Kier molecular flexibility index (Phi) is 2.02. The molecule has 0 unspecified atom stereocenters. The van der Waals surface area contributed by atoms with E-state index in [1.54, 1.807) is 11.5 Å². The van der Waals surface area contributed by atoms with Crippen molar-refractivity contribution in [3.05, 3.63) is 33.2 Å². The van der Waals surface area contributed by atoms with Gasteiger partial charge in [0.2, 0.25) is 0 Å². The summed E-state index contributed by atoms with van der Waals surface area (Å²) in [6, 6.07) is 1.87. The second kappa shape index (κ2) is 3.08. The highest BCUT2D eigenvalue weighted by molar-refractivity contribution is 5.95. The van der Waals surface area contributed by atoms with Crippen LogP contribution in [0, 0.1) is 6.92 Å². The van der Waals surface area contributed by atoms with E-state index in [-0.39, 0.29) is 11.3 Å². The largest absolute Gasteiger partial charge is 0.312 e. The van der Waals surface area contributed by atoms with Gasteiger partial charge < -0.3 is 4.57 Å². The van der Waals surface area contributed by atoms with Crippen molar-refractivity contribution in [2.24, 2.45) is 0 Å². The molecule has 0 atom stereocenters. The molecule has 0 amide bonds. The van der Waals surface area contributed by atoms with Gasteiger partial charge in [-0.15, -0.1) is 0 Å². The van der Waals surface area contributed by atoms with Crippen molar-refractivity contribution in [3.8, 4) is 0 Å². The molecule has 1 aromatic heterocycles. The number of ketones is 1. The predicted octanol–water partition coefficient (Wildman–Crippen LogP) is 1.31. The summed E-state index contributed by atoms with van der Waals surface area (Å²) in [6.45, 7) is 4.03. The third-order valence-electron chi connectivity index (χ3n) is 2.82. The number of hydrogen-bond donors (Lipinski definition) is 0. The van der Waals surface area contributed by atoms with E-state index in [0.29, 0.717) is 11.1 Å². The molecule has 2 heterocycles. The van der Waals surface area contributed by atoms with Gasteiger partial charge >= 0.3 is 0 Å². The Morgan fingerprint density at radius 2 is 2.21 bits per heavy atom. The molecule has 1 aliphatic rings. The monoisotopic (exact) mass is 191 g/mol. The highest BCUT2D eigenvalue weighted by atomic mass is 16.1. The van der Waals surface area contributed by atoms with Crippen LogP contribution in [0.25, 0.3) is 0 Å². The van der Waals surface area contributed by atoms with Crippen LogP contribution >= 0.6 is 0 Å². The summed E-state index contributed by atoms with van der Waals surface area (Å²) >= 11 is 0. The van der Waals surface area contributed by atoms with E-state index in [9.17, 15) is 9.59 Å². The summed E-state index contributed by atoms with van der Waals surface area (Å²) in [5, 5.41) is 0. The van der Waals surface area contributed by atoms with Gasteiger partial charge in [-0.3, -0.25) is 9.59 Å². The molecule has 0 radical (unpaired) electrons. The zero-order valence-electron chi connectivity index (χ0n) is 8.46. The van der Waals surface area contributed by atoms with Crippen molar-refractivity contribution in [1.29, 1.82) is 0 Å². The minimum absolute atomic E-state index is 0.00481. The van der Waals surface area contributed by atoms with E-state index in [0.717, 1.165) is 25.1 Å². The van der Waals surface area contributed by atoms with Crippen LogP contribution < -0.4 is 5.56 Å². The lowest BCUT2D eigenvalue weighted by molar-refractivity contribution is 0.101. The Bertz CT molecular complexity index is 457. The number of pyridine rings is 1. The van der Waals surface area contributed by atoms with Crippen LogP contribution in [0.2, 0.25) is 0 Å². The lowest BCUT2D eigenvalue weighted by atomic mass is 10.1. The minimum atomic E-state index is -0.0186. The standard InChI is InChI=1S/C11H13NO2/c1-7-10(8(2)13)6-9-4-3-5-12(9)11(7)14/h6H,3-5H2,1-2H3. The molecule has 0 aromatic carbocycles. The van der Waals surface area contributed by atoms with Gasteiger partial charge in [0.1, 0.15) is 0 Å². The number of rotatable bonds is 1. The maximum Gasteiger partial charge on any atom is 0.254 e. The van der Waals surface area contributed by atoms with Gasteiger partial charge in [0, 0.05) is 23.4 Å². The van der Waals surface area contributed by atoms with E-state index in [2.05, 4.69) is 0 Å². The van der Waals surface area contributed by atoms with Crippen molar-refractivity contribution in [3.63, 3.8) is 0 Å². The molecule has 3 heteroatoms. The minimum Gasteiger partial charge on any atom is -0.312 e. The Hall–Kier alpha value is -1.38.